The van der Waals surface area contributed by atoms with Crippen molar-refractivity contribution in [1.29, 1.82) is 0 Å². The van der Waals surface area contributed by atoms with Gasteiger partial charge in [-0.2, -0.15) is 9.78 Å². The van der Waals surface area contributed by atoms with Gasteiger partial charge in [0.25, 0.3) is 0 Å². The number of ether oxygens (including phenoxy) is 1. The van der Waals surface area contributed by atoms with E-state index in [1.807, 2.05) is 30.3 Å². The quantitative estimate of drug-likeness (QED) is 0.607. The molecule has 0 atom stereocenters. The lowest BCUT2D eigenvalue weighted by atomic mass is 10.1. The minimum Gasteiger partial charge on any atom is -0.461 e. The molecule has 0 aliphatic heterocycles. The molecule has 2 aromatic rings. The Balaban J connectivity index is 2.41. The van der Waals surface area contributed by atoms with Crippen LogP contribution in [0.5, 0.6) is 0 Å². The van der Waals surface area contributed by atoms with E-state index in [9.17, 15) is 9.59 Å². The van der Waals surface area contributed by atoms with E-state index in [1.165, 1.54) is 0 Å². The molecule has 2 rings (SSSR count). The van der Waals surface area contributed by atoms with Crippen LogP contribution in [0.1, 0.15) is 17.4 Å². The standard InChI is InChI=1S/C13H12N2O3/c1-2-18-13(17)12-8-11(14-15(12)9-16)10-6-4-3-5-7-10/h3-9H,2H2,1H3. The zero-order valence-electron chi connectivity index (χ0n) is 9.87. The largest absolute Gasteiger partial charge is 0.461 e. The molecule has 1 heterocycles. The Bertz CT molecular complexity index is 561. The van der Waals surface area contributed by atoms with Gasteiger partial charge in [0, 0.05) is 5.56 Å². The molecule has 18 heavy (non-hydrogen) atoms. The Morgan fingerprint density at radius 1 is 1.39 bits per heavy atom. The van der Waals surface area contributed by atoms with Gasteiger partial charge in [-0.25, -0.2) is 4.79 Å². The summed E-state index contributed by atoms with van der Waals surface area (Å²) in [5.74, 6) is -0.556. The predicted octanol–water partition coefficient (Wildman–Crippen LogP) is 1.77. The van der Waals surface area contributed by atoms with Crippen LogP contribution in [-0.4, -0.2) is 28.8 Å². The maximum Gasteiger partial charge on any atom is 0.357 e. The number of esters is 1. The summed E-state index contributed by atoms with van der Waals surface area (Å²) in [6, 6.07) is 10.9. The van der Waals surface area contributed by atoms with Gasteiger partial charge in [0.2, 0.25) is 6.41 Å². The molecule has 0 amide bonds. The fourth-order valence-electron chi connectivity index (χ4n) is 1.58. The molecule has 1 aromatic carbocycles. The average Bonchev–Trinajstić information content (AvgIpc) is 2.84. The first kappa shape index (κ1) is 12.0. The smallest absolute Gasteiger partial charge is 0.357 e. The highest BCUT2D eigenvalue weighted by molar-refractivity contribution is 5.91. The van der Waals surface area contributed by atoms with Gasteiger partial charge in [-0.3, -0.25) is 4.79 Å². The van der Waals surface area contributed by atoms with E-state index in [4.69, 9.17) is 4.74 Å². The molecule has 92 valence electrons. The molecule has 0 spiro atoms. The molecule has 5 heteroatoms. The van der Waals surface area contributed by atoms with Crippen LogP contribution >= 0.6 is 0 Å². The van der Waals surface area contributed by atoms with Crippen molar-refractivity contribution in [3.8, 4) is 11.3 Å². The highest BCUT2D eigenvalue weighted by Gasteiger charge is 2.16. The Kier molecular flexibility index (Phi) is 3.52. The lowest BCUT2D eigenvalue weighted by Gasteiger charge is -1.99. The second-order valence-corrected chi connectivity index (χ2v) is 3.55. The summed E-state index contributed by atoms with van der Waals surface area (Å²) in [7, 11) is 0. The number of nitrogens with zero attached hydrogens (tertiary/aromatic N) is 2. The molecule has 0 aliphatic carbocycles. The van der Waals surface area contributed by atoms with E-state index in [2.05, 4.69) is 5.10 Å². The minimum absolute atomic E-state index is 0.130. The second-order valence-electron chi connectivity index (χ2n) is 3.55. The van der Waals surface area contributed by atoms with Gasteiger partial charge in [0.05, 0.1) is 12.3 Å². The Morgan fingerprint density at radius 2 is 2.11 bits per heavy atom. The fraction of sp³-hybridized carbons (Fsp3) is 0.154. The lowest BCUT2D eigenvalue weighted by molar-refractivity contribution is 0.0516. The SMILES string of the molecule is CCOC(=O)c1cc(-c2ccccc2)nn1C=O. The molecule has 0 fully saturated rings. The van der Waals surface area contributed by atoms with Crippen molar-refractivity contribution in [2.75, 3.05) is 6.61 Å². The highest BCUT2D eigenvalue weighted by Crippen LogP contribution is 2.18. The van der Waals surface area contributed by atoms with Crippen molar-refractivity contribution in [2.24, 2.45) is 0 Å². The first-order valence-corrected chi connectivity index (χ1v) is 5.53. The summed E-state index contributed by atoms with van der Waals surface area (Å²) in [6.45, 7) is 1.96. The molecule has 5 nitrogen and oxygen atoms in total. The van der Waals surface area contributed by atoms with Crippen LogP contribution in [0.4, 0.5) is 0 Å². The Hall–Kier alpha value is -2.43. The van der Waals surface area contributed by atoms with Gasteiger partial charge in [0.15, 0.2) is 5.69 Å². The molecule has 0 unspecified atom stereocenters. The van der Waals surface area contributed by atoms with E-state index >= 15 is 0 Å². The summed E-state index contributed by atoms with van der Waals surface area (Å²) >= 11 is 0. The zero-order chi connectivity index (χ0) is 13.0. The first-order chi connectivity index (χ1) is 8.76. The van der Waals surface area contributed by atoms with Crippen molar-refractivity contribution in [2.45, 2.75) is 6.92 Å². The predicted molar refractivity (Wildman–Crippen MR) is 65.8 cm³/mol. The maximum atomic E-state index is 11.6. The van der Waals surface area contributed by atoms with Crippen LogP contribution in [0.2, 0.25) is 0 Å². The van der Waals surface area contributed by atoms with Crippen molar-refractivity contribution in [3.05, 3.63) is 42.1 Å². The van der Waals surface area contributed by atoms with E-state index in [-0.39, 0.29) is 12.3 Å². The van der Waals surface area contributed by atoms with Crippen molar-refractivity contribution in [3.63, 3.8) is 0 Å². The van der Waals surface area contributed by atoms with E-state index in [0.29, 0.717) is 12.1 Å². The minimum atomic E-state index is -0.556. The van der Waals surface area contributed by atoms with E-state index in [0.717, 1.165) is 10.2 Å². The molecule has 0 bridgehead atoms. The Labute approximate surface area is 104 Å². The van der Waals surface area contributed by atoms with E-state index in [1.54, 1.807) is 13.0 Å². The summed E-state index contributed by atoms with van der Waals surface area (Å²) in [5.41, 5.74) is 1.53. The van der Waals surface area contributed by atoms with Crippen molar-refractivity contribution < 1.29 is 14.3 Å². The number of carbonyl (C=O) groups is 2. The number of benzene rings is 1. The average molecular weight is 244 g/mol. The van der Waals surface area contributed by atoms with Crippen LogP contribution in [0.25, 0.3) is 11.3 Å². The molecular formula is C13H12N2O3. The molecule has 0 N–H and O–H groups in total. The monoisotopic (exact) mass is 244 g/mol. The Morgan fingerprint density at radius 3 is 2.72 bits per heavy atom. The first-order valence-electron chi connectivity index (χ1n) is 5.53. The van der Waals surface area contributed by atoms with Crippen LogP contribution in [0.3, 0.4) is 0 Å². The van der Waals surface area contributed by atoms with Crippen molar-refractivity contribution in [1.82, 2.24) is 9.78 Å². The highest BCUT2D eigenvalue weighted by atomic mass is 16.5. The second kappa shape index (κ2) is 5.27. The van der Waals surface area contributed by atoms with Crippen LogP contribution < -0.4 is 0 Å². The van der Waals surface area contributed by atoms with E-state index < -0.39 is 5.97 Å². The molecule has 1 aromatic heterocycles. The van der Waals surface area contributed by atoms with Crippen LogP contribution in [0.15, 0.2) is 36.4 Å². The topological polar surface area (TPSA) is 61.2 Å². The van der Waals surface area contributed by atoms with Gasteiger partial charge >= 0.3 is 5.97 Å². The summed E-state index contributed by atoms with van der Waals surface area (Å²) in [4.78, 5) is 22.5. The third-order valence-electron chi connectivity index (χ3n) is 2.39. The fourth-order valence-corrected chi connectivity index (χ4v) is 1.58. The van der Waals surface area contributed by atoms with Gasteiger partial charge in [-0.15, -0.1) is 0 Å². The normalized spacial score (nSPS) is 10.1. The zero-order valence-corrected chi connectivity index (χ0v) is 9.87. The number of hydrogen-bond donors (Lipinski definition) is 0. The number of carbonyl (C=O) groups excluding carboxylic acids is 2. The molecule has 0 aliphatic rings. The van der Waals surface area contributed by atoms with Gasteiger partial charge in [0.1, 0.15) is 0 Å². The van der Waals surface area contributed by atoms with Crippen molar-refractivity contribution >= 4 is 12.4 Å². The molecular weight excluding hydrogens is 232 g/mol. The lowest BCUT2D eigenvalue weighted by Crippen LogP contribution is -2.12. The number of aromatic nitrogens is 2. The summed E-state index contributed by atoms with van der Waals surface area (Å²) < 4.78 is 5.85. The van der Waals surface area contributed by atoms with Crippen LogP contribution in [-0.2, 0) is 9.53 Å². The van der Waals surface area contributed by atoms with Crippen LogP contribution in [0, 0.1) is 0 Å². The van der Waals surface area contributed by atoms with Gasteiger partial charge < -0.3 is 4.74 Å². The molecule has 0 radical (unpaired) electrons. The third kappa shape index (κ3) is 2.29. The summed E-state index contributed by atoms with van der Waals surface area (Å²) in [5, 5.41) is 4.05. The maximum absolute atomic E-state index is 11.6. The van der Waals surface area contributed by atoms with Gasteiger partial charge in [-0.05, 0) is 13.0 Å². The summed E-state index contributed by atoms with van der Waals surface area (Å²) in [6.07, 6.45) is 0.485. The number of hydrogen-bond acceptors (Lipinski definition) is 4. The van der Waals surface area contributed by atoms with Gasteiger partial charge in [-0.1, -0.05) is 30.3 Å². The number of rotatable bonds is 4. The molecule has 0 saturated carbocycles. The molecule has 0 saturated heterocycles. The third-order valence-corrected chi connectivity index (χ3v) is 2.39.